The Bertz CT molecular complexity index is 266. The maximum absolute atomic E-state index is 11.3. The Kier molecular flexibility index (Phi) is 6.91. The average molecular weight is 230 g/mol. The number of rotatable bonds is 7. The van der Waals surface area contributed by atoms with Crippen LogP contribution in [0.25, 0.3) is 0 Å². The summed E-state index contributed by atoms with van der Waals surface area (Å²) in [6.45, 7) is 4.05. The molecule has 0 aromatic rings. The van der Waals surface area contributed by atoms with Crippen LogP contribution in [0.2, 0.25) is 0 Å². The Morgan fingerprint density at radius 3 is 2.38 bits per heavy atom. The second-order valence-electron chi connectivity index (χ2n) is 3.47. The Hall–Kier alpha value is -1.59. The summed E-state index contributed by atoms with van der Waals surface area (Å²) >= 11 is 0. The van der Waals surface area contributed by atoms with Crippen molar-refractivity contribution in [2.45, 2.75) is 39.2 Å². The van der Waals surface area contributed by atoms with Gasteiger partial charge in [0.2, 0.25) is 11.8 Å². The lowest BCUT2D eigenvalue weighted by Crippen LogP contribution is -2.45. The molecule has 3 N–H and O–H groups in total. The molecule has 0 bridgehead atoms. The largest absolute Gasteiger partial charge is 0.481 e. The molecule has 16 heavy (non-hydrogen) atoms. The number of carbonyl (C=O) groups excluding carboxylic acids is 2. The van der Waals surface area contributed by atoms with Crippen molar-refractivity contribution in [1.82, 2.24) is 10.6 Å². The second-order valence-corrected chi connectivity index (χ2v) is 3.47. The first kappa shape index (κ1) is 14.4. The molecular weight excluding hydrogens is 212 g/mol. The zero-order valence-electron chi connectivity index (χ0n) is 9.58. The van der Waals surface area contributed by atoms with E-state index >= 15 is 0 Å². The van der Waals surface area contributed by atoms with Gasteiger partial charge >= 0.3 is 5.97 Å². The van der Waals surface area contributed by atoms with E-state index in [0.717, 1.165) is 6.42 Å². The number of hydrogen-bond donors (Lipinski definition) is 3. The van der Waals surface area contributed by atoms with Gasteiger partial charge in [0, 0.05) is 13.0 Å². The van der Waals surface area contributed by atoms with Gasteiger partial charge in [0.1, 0.15) is 6.04 Å². The highest BCUT2D eigenvalue weighted by Gasteiger charge is 2.15. The van der Waals surface area contributed by atoms with E-state index in [0.29, 0.717) is 6.54 Å². The number of carboxylic acid groups (broad SMARTS) is 1. The van der Waals surface area contributed by atoms with Gasteiger partial charge in [-0.1, -0.05) is 6.92 Å². The van der Waals surface area contributed by atoms with Gasteiger partial charge in [0.25, 0.3) is 0 Å². The summed E-state index contributed by atoms with van der Waals surface area (Å²) in [7, 11) is 0. The van der Waals surface area contributed by atoms with E-state index in [4.69, 9.17) is 5.11 Å². The Morgan fingerprint density at radius 1 is 1.25 bits per heavy atom. The summed E-state index contributed by atoms with van der Waals surface area (Å²) in [6, 6.07) is -0.632. The molecule has 92 valence electrons. The molecule has 6 nitrogen and oxygen atoms in total. The third kappa shape index (κ3) is 6.80. The van der Waals surface area contributed by atoms with Gasteiger partial charge in [0.05, 0.1) is 6.42 Å². The van der Waals surface area contributed by atoms with E-state index in [9.17, 15) is 14.4 Å². The third-order valence-electron chi connectivity index (χ3n) is 1.89. The zero-order valence-corrected chi connectivity index (χ0v) is 9.58. The zero-order chi connectivity index (χ0) is 12.6. The highest BCUT2D eigenvalue weighted by Crippen LogP contribution is 1.91. The second kappa shape index (κ2) is 7.67. The van der Waals surface area contributed by atoms with Crippen LogP contribution in [0.1, 0.15) is 33.1 Å². The van der Waals surface area contributed by atoms with Gasteiger partial charge in [-0.25, -0.2) is 0 Å². The molecule has 1 unspecified atom stereocenters. The van der Waals surface area contributed by atoms with Crippen LogP contribution in [0.15, 0.2) is 0 Å². The van der Waals surface area contributed by atoms with E-state index in [1.165, 1.54) is 0 Å². The van der Waals surface area contributed by atoms with Crippen LogP contribution in [-0.2, 0) is 14.4 Å². The van der Waals surface area contributed by atoms with Crippen molar-refractivity contribution in [2.75, 3.05) is 6.54 Å². The van der Waals surface area contributed by atoms with Crippen molar-refractivity contribution >= 4 is 17.8 Å². The van der Waals surface area contributed by atoms with Crippen LogP contribution >= 0.6 is 0 Å². The average Bonchev–Trinajstić information content (AvgIpc) is 2.22. The summed E-state index contributed by atoms with van der Waals surface area (Å²) in [5, 5.41) is 13.4. The van der Waals surface area contributed by atoms with Crippen molar-refractivity contribution in [3.63, 3.8) is 0 Å². The van der Waals surface area contributed by atoms with Gasteiger partial charge in [-0.05, 0) is 13.3 Å². The number of aliphatic carboxylic acids is 1. The minimum Gasteiger partial charge on any atom is -0.481 e. The molecule has 0 aromatic carbocycles. The fraction of sp³-hybridized carbons (Fsp3) is 0.700. The van der Waals surface area contributed by atoms with Crippen molar-refractivity contribution < 1.29 is 19.5 Å². The molecule has 0 spiro atoms. The molecule has 0 saturated heterocycles. The number of nitrogens with one attached hydrogen (secondary N) is 2. The molecule has 6 heteroatoms. The third-order valence-corrected chi connectivity index (χ3v) is 1.89. The smallest absolute Gasteiger partial charge is 0.303 e. The van der Waals surface area contributed by atoms with Gasteiger partial charge in [-0.15, -0.1) is 0 Å². The van der Waals surface area contributed by atoms with Crippen molar-refractivity contribution in [3.05, 3.63) is 0 Å². The van der Waals surface area contributed by atoms with Crippen LogP contribution in [0.4, 0.5) is 0 Å². The molecule has 2 amide bonds. The van der Waals surface area contributed by atoms with Gasteiger partial charge < -0.3 is 15.7 Å². The monoisotopic (exact) mass is 230 g/mol. The highest BCUT2D eigenvalue weighted by atomic mass is 16.4. The predicted molar refractivity (Wildman–Crippen MR) is 57.8 cm³/mol. The molecule has 0 aliphatic rings. The van der Waals surface area contributed by atoms with Gasteiger partial charge in [-0.3, -0.25) is 14.4 Å². The van der Waals surface area contributed by atoms with Crippen molar-refractivity contribution in [1.29, 1.82) is 0 Å². The molecule has 0 aromatic heterocycles. The minimum atomic E-state index is -1.03. The number of amides is 2. The summed E-state index contributed by atoms with van der Waals surface area (Å²) in [4.78, 5) is 32.7. The van der Waals surface area contributed by atoms with Crippen molar-refractivity contribution in [2.24, 2.45) is 0 Å². The first-order chi connectivity index (χ1) is 7.47. The quantitative estimate of drug-likeness (QED) is 0.568. The molecule has 0 saturated carbocycles. The summed E-state index contributed by atoms with van der Waals surface area (Å²) in [5.74, 6) is -1.72. The lowest BCUT2D eigenvalue weighted by molar-refractivity contribution is -0.139. The minimum absolute atomic E-state index is 0.110. The molecule has 0 heterocycles. The molecule has 0 radical (unpaired) electrons. The predicted octanol–water partition coefficient (Wildman–Crippen LogP) is -0.118. The molecule has 0 fully saturated rings. The first-order valence-corrected chi connectivity index (χ1v) is 5.26. The number of hydrogen-bond acceptors (Lipinski definition) is 3. The Morgan fingerprint density at radius 2 is 1.88 bits per heavy atom. The SMILES string of the molecule is CCCNC(=O)C(C)NC(=O)CCC(=O)O. The van der Waals surface area contributed by atoms with E-state index in [1.54, 1.807) is 6.92 Å². The Labute approximate surface area is 94.4 Å². The maximum Gasteiger partial charge on any atom is 0.303 e. The van der Waals surface area contributed by atoms with E-state index in [-0.39, 0.29) is 18.7 Å². The van der Waals surface area contributed by atoms with E-state index < -0.39 is 17.9 Å². The van der Waals surface area contributed by atoms with Crippen LogP contribution in [0, 0.1) is 0 Å². The topological polar surface area (TPSA) is 95.5 Å². The summed E-state index contributed by atoms with van der Waals surface area (Å²) < 4.78 is 0. The molecule has 0 rings (SSSR count). The summed E-state index contributed by atoms with van der Waals surface area (Å²) in [5.41, 5.74) is 0. The number of carbonyl (C=O) groups is 3. The lowest BCUT2D eigenvalue weighted by Gasteiger charge is -2.13. The summed E-state index contributed by atoms with van der Waals surface area (Å²) in [6.07, 6.45) is 0.487. The van der Waals surface area contributed by atoms with E-state index in [2.05, 4.69) is 10.6 Å². The molecule has 1 atom stereocenters. The van der Waals surface area contributed by atoms with E-state index in [1.807, 2.05) is 6.92 Å². The molecule has 0 aliphatic carbocycles. The fourth-order valence-electron chi connectivity index (χ4n) is 1.00. The first-order valence-electron chi connectivity index (χ1n) is 5.26. The maximum atomic E-state index is 11.3. The molecular formula is C10H18N2O4. The molecule has 0 aliphatic heterocycles. The number of carboxylic acids is 1. The van der Waals surface area contributed by atoms with Crippen LogP contribution in [0.5, 0.6) is 0 Å². The van der Waals surface area contributed by atoms with Crippen LogP contribution in [0.3, 0.4) is 0 Å². The van der Waals surface area contributed by atoms with Gasteiger partial charge in [-0.2, -0.15) is 0 Å². The van der Waals surface area contributed by atoms with Crippen molar-refractivity contribution in [3.8, 4) is 0 Å². The lowest BCUT2D eigenvalue weighted by atomic mass is 10.2. The fourth-order valence-corrected chi connectivity index (χ4v) is 1.00. The standard InChI is InChI=1S/C10H18N2O4/c1-3-6-11-10(16)7(2)12-8(13)4-5-9(14)15/h7H,3-6H2,1-2H3,(H,11,16)(H,12,13)(H,14,15). The van der Waals surface area contributed by atoms with Crippen LogP contribution in [-0.4, -0.2) is 35.5 Å². The Balaban J connectivity index is 3.84. The highest BCUT2D eigenvalue weighted by molar-refractivity contribution is 5.88. The van der Waals surface area contributed by atoms with Crippen LogP contribution < -0.4 is 10.6 Å². The normalized spacial score (nSPS) is 11.6. The van der Waals surface area contributed by atoms with Gasteiger partial charge in [0.15, 0.2) is 0 Å².